The second-order valence-corrected chi connectivity index (χ2v) is 5.46. The number of nitro groups is 1. The van der Waals surface area contributed by atoms with E-state index >= 15 is 0 Å². The average molecular weight is 366 g/mol. The molecule has 9 nitrogen and oxygen atoms in total. The molecule has 1 N–H and O–H groups in total. The Bertz CT molecular complexity index is 688. The Labute approximate surface area is 149 Å². The zero-order chi connectivity index (χ0) is 18.2. The van der Waals surface area contributed by atoms with E-state index < -0.39 is 10.9 Å². The maximum atomic E-state index is 11.4. The second kappa shape index (κ2) is 9.04. The number of nitrogens with one attached hydrogen (secondary N) is 1. The molecular weight excluding hydrogens is 348 g/mol. The van der Waals surface area contributed by atoms with Gasteiger partial charge in [-0.05, 0) is 12.2 Å². The summed E-state index contributed by atoms with van der Waals surface area (Å²) in [6.45, 7) is 2.16. The Hall–Kier alpha value is -2.59. The molecule has 1 aromatic rings. The van der Waals surface area contributed by atoms with Crippen molar-refractivity contribution in [2.45, 2.75) is 0 Å². The monoisotopic (exact) mass is 366 g/mol. The van der Waals surface area contributed by atoms with Crippen molar-refractivity contribution < 1.29 is 19.2 Å². The number of nitrogens with zero attached hydrogens (tertiary/aromatic N) is 3. The molecule has 0 amide bonds. The van der Waals surface area contributed by atoms with Crippen LogP contribution in [0.4, 0.5) is 5.69 Å². The number of carbonyl (C=O) groups is 1. The Kier molecular flexibility index (Phi) is 6.78. The van der Waals surface area contributed by atoms with E-state index in [0.29, 0.717) is 37.0 Å². The number of morpholine rings is 1. The molecule has 0 bridgehead atoms. The first-order chi connectivity index (χ1) is 12.0. The molecule has 10 heteroatoms. The number of esters is 1. The summed E-state index contributed by atoms with van der Waals surface area (Å²) in [5.74, 6) is -0.257. The summed E-state index contributed by atoms with van der Waals surface area (Å²) < 4.78 is 9.86. The molecule has 1 heterocycles. The number of hydrogen-bond acceptors (Lipinski definition) is 7. The highest BCUT2D eigenvalue weighted by Crippen LogP contribution is 2.13. The molecule has 25 heavy (non-hydrogen) atoms. The normalized spacial score (nSPS) is 14.8. The predicted molar refractivity (Wildman–Crippen MR) is 94.6 cm³/mol. The molecule has 0 unspecified atom stereocenters. The van der Waals surface area contributed by atoms with Crippen LogP contribution in [0.5, 0.6) is 0 Å². The number of amidine groups is 1. The molecule has 0 spiro atoms. The summed E-state index contributed by atoms with van der Waals surface area (Å²) in [4.78, 5) is 27.9. The van der Waals surface area contributed by atoms with E-state index in [0.717, 1.165) is 0 Å². The van der Waals surface area contributed by atoms with E-state index in [4.69, 9.17) is 17.0 Å². The van der Waals surface area contributed by atoms with Gasteiger partial charge in [0, 0.05) is 30.8 Å². The lowest BCUT2D eigenvalue weighted by Gasteiger charge is -2.29. The van der Waals surface area contributed by atoms with Crippen molar-refractivity contribution in [2.24, 2.45) is 4.99 Å². The minimum absolute atomic E-state index is 0.0811. The van der Waals surface area contributed by atoms with Crippen LogP contribution < -0.4 is 5.32 Å². The molecule has 1 fully saturated rings. The average Bonchev–Trinajstić information content (AvgIpc) is 2.65. The van der Waals surface area contributed by atoms with Gasteiger partial charge < -0.3 is 19.7 Å². The maximum absolute atomic E-state index is 11.4. The summed E-state index contributed by atoms with van der Waals surface area (Å²) >= 11 is 5.37. The molecule has 0 aliphatic carbocycles. The van der Waals surface area contributed by atoms with Gasteiger partial charge in [0.05, 0.1) is 25.2 Å². The fourth-order valence-electron chi connectivity index (χ4n) is 2.12. The van der Waals surface area contributed by atoms with Crippen molar-refractivity contribution in [3.63, 3.8) is 0 Å². The van der Waals surface area contributed by atoms with Gasteiger partial charge >= 0.3 is 5.97 Å². The standard InChI is InChI=1S/C15H18N4O5S/c1-23-13(20)10-16-14(11-3-2-4-12(9-11)19(21)22)17-15(25)18-5-7-24-8-6-18/h2-4,9H,5-8,10H2,1H3,(H,16,17,25). The molecule has 2 rings (SSSR count). The Balaban J connectivity index is 2.23. The van der Waals surface area contributed by atoms with Crippen molar-refractivity contribution >= 4 is 34.8 Å². The SMILES string of the molecule is COC(=O)CN=C(NC(=S)N1CCOCC1)c1cccc([N+](=O)[O-])c1. The van der Waals surface area contributed by atoms with Crippen LogP contribution in [0.15, 0.2) is 29.3 Å². The van der Waals surface area contributed by atoms with Crippen LogP contribution >= 0.6 is 12.2 Å². The summed E-state index contributed by atoms with van der Waals surface area (Å²) in [5.41, 5.74) is 0.371. The molecule has 0 saturated carbocycles. The lowest BCUT2D eigenvalue weighted by atomic mass is 10.2. The van der Waals surface area contributed by atoms with Gasteiger partial charge in [-0.15, -0.1) is 0 Å². The van der Waals surface area contributed by atoms with Gasteiger partial charge in [-0.2, -0.15) is 0 Å². The number of hydrogen-bond donors (Lipinski definition) is 1. The number of thiocarbonyl (C=S) groups is 1. The summed E-state index contributed by atoms with van der Waals surface area (Å²) in [5, 5.41) is 14.4. The zero-order valence-corrected chi connectivity index (χ0v) is 14.5. The van der Waals surface area contributed by atoms with Gasteiger partial charge in [-0.1, -0.05) is 12.1 Å². The van der Waals surface area contributed by atoms with Crippen LogP contribution in [0.2, 0.25) is 0 Å². The summed E-state index contributed by atoms with van der Waals surface area (Å²) in [6, 6.07) is 5.94. The minimum Gasteiger partial charge on any atom is -0.468 e. The summed E-state index contributed by atoms with van der Waals surface area (Å²) in [7, 11) is 1.26. The van der Waals surface area contributed by atoms with Crippen LogP contribution in [0.25, 0.3) is 0 Å². The van der Waals surface area contributed by atoms with Gasteiger partial charge in [0.2, 0.25) is 0 Å². The molecule has 1 aliphatic heterocycles. The number of rotatable bonds is 4. The highest BCUT2D eigenvalue weighted by atomic mass is 32.1. The lowest BCUT2D eigenvalue weighted by Crippen LogP contribution is -2.48. The van der Waals surface area contributed by atoms with Crippen molar-refractivity contribution in [1.82, 2.24) is 10.2 Å². The van der Waals surface area contributed by atoms with Gasteiger partial charge in [0.15, 0.2) is 5.11 Å². The molecule has 1 aliphatic rings. The van der Waals surface area contributed by atoms with Gasteiger partial charge in [-0.25, -0.2) is 0 Å². The third-order valence-corrected chi connectivity index (χ3v) is 3.81. The van der Waals surface area contributed by atoms with Crippen molar-refractivity contribution in [1.29, 1.82) is 0 Å². The number of ether oxygens (including phenoxy) is 2. The van der Waals surface area contributed by atoms with E-state index in [9.17, 15) is 14.9 Å². The smallest absolute Gasteiger partial charge is 0.327 e. The number of aliphatic imine (C=N–C) groups is 1. The Morgan fingerprint density at radius 1 is 1.48 bits per heavy atom. The van der Waals surface area contributed by atoms with E-state index in [2.05, 4.69) is 15.0 Å². The fraction of sp³-hybridized carbons (Fsp3) is 0.400. The number of non-ortho nitro benzene ring substituents is 1. The summed E-state index contributed by atoms with van der Waals surface area (Å²) in [6.07, 6.45) is 0. The topological polar surface area (TPSA) is 106 Å². The third kappa shape index (κ3) is 5.47. The first-order valence-electron chi connectivity index (χ1n) is 7.51. The maximum Gasteiger partial charge on any atom is 0.327 e. The first-order valence-corrected chi connectivity index (χ1v) is 7.92. The number of carbonyl (C=O) groups excluding carboxylic acids is 1. The number of nitro benzene ring substituents is 1. The van der Waals surface area contributed by atoms with Crippen LogP contribution in [0, 0.1) is 10.1 Å². The van der Waals surface area contributed by atoms with Gasteiger partial charge in [0.1, 0.15) is 12.4 Å². The van der Waals surface area contributed by atoms with Crippen molar-refractivity contribution in [3.05, 3.63) is 39.9 Å². The Morgan fingerprint density at radius 3 is 2.84 bits per heavy atom. The molecular formula is C15H18N4O5S. The van der Waals surface area contributed by atoms with Gasteiger partial charge in [0.25, 0.3) is 5.69 Å². The molecule has 1 aromatic carbocycles. The first kappa shape index (κ1) is 18.7. The molecule has 0 aromatic heterocycles. The largest absolute Gasteiger partial charge is 0.468 e. The number of benzene rings is 1. The van der Waals surface area contributed by atoms with E-state index in [1.807, 2.05) is 4.90 Å². The zero-order valence-electron chi connectivity index (χ0n) is 13.6. The van der Waals surface area contributed by atoms with Gasteiger partial charge in [-0.3, -0.25) is 19.9 Å². The van der Waals surface area contributed by atoms with Crippen molar-refractivity contribution in [2.75, 3.05) is 40.0 Å². The number of methoxy groups -OCH3 is 1. The van der Waals surface area contributed by atoms with Crippen molar-refractivity contribution in [3.8, 4) is 0 Å². The lowest BCUT2D eigenvalue weighted by molar-refractivity contribution is -0.384. The van der Waals surface area contributed by atoms with E-state index in [1.54, 1.807) is 12.1 Å². The van der Waals surface area contributed by atoms with Crippen LogP contribution in [-0.4, -0.2) is 66.7 Å². The van der Waals surface area contributed by atoms with Crippen LogP contribution in [0.3, 0.4) is 0 Å². The van der Waals surface area contributed by atoms with Crippen LogP contribution in [0.1, 0.15) is 5.56 Å². The highest BCUT2D eigenvalue weighted by molar-refractivity contribution is 7.80. The second-order valence-electron chi connectivity index (χ2n) is 5.08. The molecule has 1 saturated heterocycles. The fourth-order valence-corrected chi connectivity index (χ4v) is 2.40. The third-order valence-electron chi connectivity index (χ3n) is 3.45. The van der Waals surface area contributed by atoms with Crippen LogP contribution in [-0.2, 0) is 14.3 Å². The highest BCUT2D eigenvalue weighted by Gasteiger charge is 2.17. The minimum atomic E-state index is -0.526. The predicted octanol–water partition coefficient (Wildman–Crippen LogP) is 0.721. The van der Waals surface area contributed by atoms with E-state index in [1.165, 1.54) is 19.2 Å². The molecule has 134 valence electrons. The quantitative estimate of drug-likeness (QED) is 0.207. The molecule has 0 atom stereocenters. The Morgan fingerprint density at radius 2 is 2.20 bits per heavy atom. The van der Waals surface area contributed by atoms with E-state index in [-0.39, 0.29) is 18.1 Å². The molecule has 0 radical (unpaired) electrons.